The fourth-order valence-corrected chi connectivity index (χ4v) is 7.87. The summed E-state index contributed by atoms with van der Waals surface area (Å²) in [4.78, 5) is 28.7. The maximum atomic E-state index is 14.3. The van der Waals surface area contributed by atoms with Crippen LogP contribution in [0.4, 0.5) is 0 Å². The molecule has 6 nitrogen and oxygen atoms in total. The highest BCUT2D eigenvalue weighted by Gasteiger charge is 2.39. The molecule has 2 atom stereocenters. The number of carbonyl (C=O) groups excluding carboxylic acids is 2. The van der Waals surface area contributed by atoms with Gasteiger partial charge in [0.2, 0.25) is 0 Å². The molecule has 0 saturated heterocycles. The standard InChI is InChI=1S/C42H50N2O4/c1-25-12-26(2)17-33(16-25)39(34-18-27(3)13-28(4)19-34)41(45)43(47)37-10-9-11-38(24-37)44(48)42(46)40(35-20-29(5)14-30(6)21-35)36-22-31(7)15-32(8)23-36/h12-23,37-40,47-48H,9-11,24H2,1-8H3/t37-,38-/m1/s1. The van der Waals surface area contributed by atoms with Crippen molar-refractivity contribution in [2.24, 2.45) is 0 Å². The summed E-state index contributed by atoms with van der Waals surface area (Å²) < 4.78 is 0. The third-order valence-corrected chi connectivity index (χ3v) is 9.57. The first kappa shape index (κ1) is 35.1. The van der Waals surface area contributed by atoms with Crippen molar-refractivity contribution in [2.75, 3.05) is 0 Å². The molecule has 2 N–H and O–H groups in total. The van der Waals surface area contributed by atoms with Gasteiger partial charge < -0.3 is 0 Å². The van der Waals surface area contributed by atoms with Gasteiger partial charge in [0.15, 0.2) is 0 Å². The van der Waals surface area contributed by atoms with E-state index >= 15 is 0 Å². The van der Waals surface area contributed by atoms with Gasteiger partial charge >= 0.3 is 0 Å². The monoisotopic (exact) mass is 646 g/mol. The largest absolute Gasteiger partial charge is 0.286 e. The van der Waals surface area contributed by atoms with Gasteiger partial charge in [-0.15, -0.1) is 0 Å². The lowest BCUT2D eigenvalue weighted by Crippen LogP contribution is -2.49. The van der Waals surface area contributed by atoms with E-state index in [1.165, 1.54) is 0 Å². The minimum atomic E-state index is -0.696. The molecule has 1 aliphatic rings. The molecule has 0 bridgehead atoms. The van der Waals surface area contributed by atoms with Gasteiger partial charge in [0.1, 0.15) is 0 Å². The quantitative estimate of drug-likeness (QED) is 0.148. The third-order valence-electron chi connectivity index (χ3n) is 9.57. The molecule has 5 rings (SSSR count). The van der Waals surface area contributed by atoms with Gasteiger partial charge in [0.05, 0.1) is 23.9 Å². The lowest BCUT2D eigenvalue weighted by atomic mass is 9.84. The highest BCUT2D eigenvalue weighted by atomic mass is 16.5. The molecule has 4 aromatic carbocycles. The number of hydroxylamine groups is 4. The molecule has 48 heavy (non-hydrogen) atoms. The Hall–Kier alpha value is -4.26. The van der Waals surface area contributed by atoms with E-state index in [-0.39, 0.29) is 6.42 Å². The number of carbonyl (C=O) groups is 2. The summed E-state index contributed by atoms with van der Waals surface area (Å²) in [6.07, 6.45) is 2.07. The normalized spacial score (nSPS) is 16.3. The minimum absolute atomic E-state index is 0.267. The van der Waals surface area contributed by atoms with Crippen LogP contribution in [0, 0.1) is 55.4 Å². The molecule has 0 spiro atoms. The fraction of sp³-hybridized carbons (Fsp3) is 0.381. The Morgan fingerprint density at radius 2 is 0.708 bits per heavy atom. The number of amides is 2. The van der Waals surface area contributed by atoms with E-state index in [9.17, 15) is 20.0 Å². The van der Waals surface area contributed by atoms with Crippen LogP contribution in [-0.2, 0) is 9.59 Å². The molecule has 0 radical (unpaired) electrons. The van der Waals surface area contributed by atoms with Crippen molar-refractivity contribution >= 4 is 11.8 Å². The van der Waals surface area contributed by atoms with Gasteiger partial charge in [0, 0.05) is 0 Å². The van der Waals surface area contributed by atoms with Gasteiger partial charge in [0.25, 0.3) is 11.8 Å². The van der Waals surface area contributed by atoms with Crippen molar-refractivity contribution in [1.29, 1.82) is 0 Å². The first-order valence-corrected chi connectivity index (χ1v) is 17.1. The average molecular weight is 647 g/mol. The lowest BCUT2D eigenvalue weighted by molar-refractivity contribution is -0.195. The smallest absolute Gasteiger partial charge is 0.258 e. The second-order valence-electron chi connectivity index (χ2n) is 14.4. The molecule has 1 saturated carbocycles. The van der Waals surface area contributed by atoms with Crippen LogP contribution in [0.5, 0.6) is 0 Å². The number of nitrogens with zero attached hydrogens (tertiary/aromatic N) is 2. The summed E-state index contributed by atoms with van der Waals surface area (Å²) in [7, 11) is 0. The number of hydrogen-bond donors (Lipinski definition) is 2. The Kier molecular flexibility index (Phi) is 10.6. The lowest BCUT2D eigenvalue weighted by Gasteiger charge is -2.38. The Balaban J connectivity index is 1.44. The predicted molar refractivity (Wildman–Crippen MR) is 191 cm³/mol. The van der Waals surface area contributed by atoms with Crippen molar-refractivity contribution in [1.82, 2.24) is 10.1 Å². The minimum Gasteiger partial charge on any atom is -0.286 e. The van der Waals surface area contributed by atoms with Crippen molar-refractivity contribution in [3.8, 4) is 0 Å². The molecule has 2 amide bonds. The summed E-state index contributed by atoms with van der Waals surface area (Å²) in [5, 5.41) is 25.0. The molecule has 4 aromatic rings. The highest BCUT2D eigenvalue weighted by Crippen LogP contribution is 2.35. The van der Waals surface area contributed by atoms with E-state index in [4.69, 9.17) is 0 Å². The molecule has 0 unspecified atom stereocenters. The molecule has 1 fully saturated rings. The zero-order valence-electron chi connectivity index (χ0n) is 29.7. The second-order valence-corrected chi connectivity index (χ2v) is 14.4. The Bertz CT molecular complexity index is 1510. The third kappa shape index (κ3) is 7.88. The van der Waals surface area contributed by atoms with Gasteiger partial charge in [-0.3, -0.25) is 20.0 Å². The molecule has 6 heteroatoms. The Morgan fingerprint density at radius 1 is 0.479 bits per heavy atom. The van der Waals surface area contributed by atoms with Crippen LogP contribution >= 0.6 is 0 Å². The van der Waals surface area contributed by atoms with Gasteiger partial charge in [-0.2, -0.15) is 0 Å². The van der Waals surface area contributed by atoms with Crippen molar-refractivity contribution < 1.29 is 20.0 Å². The zero-order valence-corrected chi connectivity index (χ0v) is 29.7. The van der Waals surface area contributed by atoms with Crippen LogP contribution in [0.1, 0.15) is 104 Å². The Morgan fingerprint density at radius 3 is 0.938 bits per heavy atom. The van der Waals surface area contributed by atoms with Gasteiger partial charge in [-0.05, 0) is 103 Å². The highest BCUT2D eigenvalue weighted by molar-refractivity contribution is 5.88. The predicted octanol–water partition coefficient (Wildman–Crippen LogP) is 8.86. The summed E-state index contributed by atoms with van der Waals surface area (Å²) in [6.45, 7) is 16.1. The molecule has 252 valence electrons. The van der Waals surface area contributed by atoms with Crippen LogP contribution in [0.25, 0.3) is 0 Å². The van der Waals surface area contributed by atoms with E-state index < -0.39 is 35.7 Å². The molecule has 0 heterocycles. The number of rotatable bonds is 8. The van der Waals surface area contributed by atoms with Gasteiger partial charge in [-0.1, -0.05) is 117 Å². The van der Waals surface area contributed by atoms with Crippen molar-refractivity contribution in [2.45, 2.75) is 105 Å². The fourth-order valence-electron chi connectivity index (χ4n) is 7.87. The topological polar surface area (TPSA) is 81.1 Å². The van der Waals surface area contributed by atoms with Crippen LogP contribution in [-0.4, -0.2) is 44.4 Å². The zero-order chi connectivity index (χ0) is 34.9. The van der Waals surface area contributed by atoms with Crippen molar-refractivity contribution in [3.05, 3.63) is 140 Å². The first-order chi connectivity index (χ1) is 22.7. The second kappa shape index (κ2) is 14.5. The molecular weight excluding hydrogens is 596 g/mol. The number of hydrogen-bond acceptors (Lipinski definition) is 4. The maximum absolute atomic E-state index is 14.3. The van der Waals surface area contributed by atoms with E-state index in [0.29, 0.717) is 19.3 Å². The summed E-state index contributed by atoms with van der Waals surface area (Å²) in [5.41, 5.74) is 11.7. The van der Waals surface area contributed by atoms with Crippen molar-refractivity contribution in [3.63, 3.8) is 0 Å². The molecule has 1 aliphatic carbocycles. The summed E-state index contributed by atoms with van der Waals surface area (Å²) in [5.74, 6) is -2.21. The van der Waals surface area contributed by atoms with Crippen LogP contribution < -0.4 is 0 Å². The molecule has 0 aliphatic heterocycles. The molecular formula is C42H50N2O4. The van der Waals surface area contributed by atoms with Gasteiger partial charge in [-0.25, -0.2) is 10.1 Å². The van der Waals surface area contributed by atoms with E-state index in [1.54, 1.807) is 0 Å². The number of aryl methyl sites for hydroxylation is 8. The van der Waals surface area contributed by atoms with E-state index in [0.717, 1.165) is 76.9 Å². The van der Waals surface area contributed by atoms with Crippen LogP contribution in [0.3, 0.4) is 0 Å². The van der Waals surface area contributed by atoms with Crippen LogP contribution in [0.2, 0.25) is 0 Å². The van der Waals surface area contributed by atoms with Crippen LogP contribution in [0.15, 0.2) is 72.8 Å². The summed E-state index contributed by atoms with van der Waals surface area (Å²) >= 11 is 0. The number of benzene rings is 4. The van der Waals surface area contributed by atoms with E-state index in [1.807, 2.05) is 104 Å². The molecule has 0 aromatic heterocycles. The summed E-state index contributed by atoms with van der Waals surface area (Å²) in [6, 6.07) is 23.3. The van der Waals surface area contributed by atoms with E-state index in [2.05, 4.69) is 24.3 Å². The maximum Gasteiger partial charge on any atom is 0.258 e. The SMILES string of the molecule is Cc1cc(C)cc(C(C(=O)N(O)[C@@H]2CCC[C@@H](N(O)C(=O)C(c3cc(C)cc(C)c3)c3cc(C)cc(C)c3)C2)c2cc(C)cc(C)c2)c1. The first-order valence-electron chi connectivity index (χ1n) is 17.1. The Labute approximate surface area is 286 Å². The average Bonchev–Trinajstić information content (AvgIpc) is 2.98.